The maximum Gasteiger partial charge on any atom is 0.351 e. The summed E-state index contributed by atoms with van der Waals surface area (Å²) in [4.78, 5) is 29.2. The summed E-state index contributed by atoms with van der Waals surface area (Å²) in [5, 5.41) is 3.27. The highest BCUT2D eigenvalue weighted by atomic mass is 35.5. The Hall–Kier alpha value is -2.84. The van der Waals surface area contributed by atoms with Gasteiger partial charge >= 0.3 is 5.97 Å². The Labute approximate surface area is 174 Å². The second-order valence-electron chi connectivity index (χ2n) is 6.07. The van der Waals surface area contributed by atoms with E-state index in [9.17, 15) is 18.4 Å². The van der Waals surface area contributed by atoms with Crippen molar-refractivity contribution in [2.24, 2.45) is 0 Å². The molecule has 1 N–H and O–H groups in total. The van der Waals surface area contributed by atoms with Crippen molar-refractivity contribution in [2.75, 3.05) is 5.32 Å². The van der Waals surface area contributed by atoms with Gasteiger partial charge in [-0.2, -0.15) is 0 Å². The maximum atomic E-state index is 13.7. The maximum absolute atomic E-state index is 13.7. The van der Waals surface area contributed by atoms with Gasteiger partial charge in [0.1, 0.15) is 27.2 Å². The van der Waals surface area contributed by atoms with E-state index in [0.29, 0.717) is 15.7 Å². The number of carbonyl (C=O) groups excluding carboxylic acids is 2. The fraction of sp³-hybridized carbons (Fsp3) is 0.150. The van der Waals surface area contributed by atoms with Crippen LogP contribution >= 0.6 is 22.9 Å². The van der Waals surface area contributed by atoms with Gasteiger partial charge in [0.15, 0.2) is 6.10 Å². The van der Waals surface area contributed by atoms with E-state index in [1.165, 1.54) is 13.0 Å². The molecule has 0 aliphatic carbocycles. The number of anilines is 1. The summed E-state index contributed by atoms with van der Waals surface area (Å²) in [6.07, 6.45) is -1.28. The van der Waals surface area contributed by atoms with Crippen molar-refractivity contribution in [1.29, 1.82) is 0 Å². The number of nitrogens with one attached hydrogen (secondary N) is 1. The fourth-order valence-corrected chi connectivity index (χ4v) is 3.49. The number of carbonyl (C=O) groups is 2. The summed E-state index contributed by atoms with van der Waals surface area (Å²) < 4.78 is 32.5. The second kappa shape index (κ2) is 8.67. The van der Waals surface area contributed by atoms with Crippen molar-refractivity contribution >= 4 is 40.5 Å². The molecule has 1 amide bonds. The molecule has 1 unspecified atom stereocenters. The van der Waals surface area contributed by atoms with E-state index in [1.54, 1.807) is 31.2 Å². The molecule has 29 heavy (non-hydrogen) atoms. The van der Waals surface area contributed by atoms with E-state index in [-0.39, 0.29) is 4.88 Å². The number of halogens is 3. The van der Waals surface area contributed by atoms with Gasteiger partial charge in [-0.15, -0.1) is 11.3 Å². The number of esters is 1. The Balaban J connectivity index is 1.71. The molecule has 0 aliphatic heterocycles. The molecule has 1 atom stereocenters. The monoisotopic (exact) mass is 436 g/mol. The van der Waals surface area contributed by atoms with Crippen molar-refractivity contribution in [1.82, 2.24) is 4.98 Å². The Morgan fingerprint density at radius 1 is 1.14 bits per heavy atom. The zero-order chi connectivity index (χ0) is 21.1. The van der Waals surface area contributed by atoms with Gasteiger partial charge in [0, 0.05) is 10.6 Å². The van der Waals surface area contributed by atoms with E-state index in [4.69, 9.17) is 16.3 Å². The Morgan fingerprint density at radius 2 is 1.76 bits per heavy atom. The number of amides is 1. The fourth-order valence-electron chi connectivity index (χ4n) is 2.41. The van der Waals surface area contributed by atoms with Gasteiger partial charge in [-0.1, -0.05) is 29.8 Å². The number of hydrogen-bond acceptors (Lipinski definition) is 5. The average molecular weight is 437 g/mol. The lowest BCUT2D eigenvalue weighted by Crippen LogP contribution is -2.30. The lowest BCUT2D eigenvalue weighted by Gasteiger charge is -2.14. The van der Waals surface area contributed by atoms with E-state index in [1.807, 2.05) is 0 Å². The van der Waals surface area contributed by atoms with Crippen molar-refractivity contribution in [2.45, 2.75) is 20.0 Å². The molecule has 5 nitrogen and oxygen atoms in total. The zero-order valence-corrected chi connectivity index (χ0v) is 16.9. The molecule has 0 spiro atoms. The molecule has 3 aromatic rings. The van der Waals surface area contributed by atoms with Gasteiger partial charge in [0.05, 0.1) is 5.69 Å². The molecule has 0 aliphatic rings. The second-order valence-corrected chi connectivity index (χ2v) is 7.51. The summed E-state index contributed by atoms with van der Waals surface area (Å²) in [5.74, 6) is -3.47. The lowest BCUT2D eigenvalue weighted by atomic mass is 10.2. The van der Waals surface area contributed by atoms with E-state index in [0.717, 1.165) is 29.0 Å². The minimum atomic E-state index is -1.28. The van der Waals surface area contributed by atoms with Gasteiger partial charge in [-0.3, -0.25) is 4.79 Å². The van der Waals surface area contributed by atoms with Crippen LogP contribution < -0.4 is 5.32 Å². The molecule has 0 fully saturated rings. The first-order valence-corrected chi connectivity index (χ1v) is 9.65. The molecular formula is C20H15ClF2N2O3S. The van der Waals surface area contributed by atoms with Crippen LogP contribution in [0.5, 0.6) is 0 Å². The summed E-state index contributed by atoms with van der Waals surface area (Å²) in [5.41, 5.74) is 0.625. The van der Waals surface area contributed by atoms with E-state index >= 15 is 0 Å². The number of rotatable bonds is 5. The van der Waals surface area contributed by atoms with E-state index < -0.39 is 35.3 Å². The number of benzene rings is 2. The standard InChI is InChI=1S/C20H15ClF2N2O3S/c1-10-17(29-19(24-10)12-6-8-13(21)9-7-12)20(27)28-11(2)18(26)25-16-14(22)4-3-5-15(16)23/h3-9,11H,1-2H3,(H,25,26). The predicted octanol–water partition coefficient (Wildman–Crippen LogP) is 5.23. The van der Waals surface area contributed by atoms with Crippen LogP contribution in [0.3, 0.4) is 0 Å². The Kier molecular flexibility index (Phi) is 6.24. The summed E-state index contributed by atoms with van der Waals surface area (Å²) in [6, 6.07) is 10.2. The summed E-state index contributed by atoms with van der Waals surface area (Å²) >= 11 is 6.98. The largest absolute Gasteiger partial charge is 0.448 e. The molecule has 0 saturated carbocycles. The van der Waals surface area contributed by atoms with Crippen molar-refractivity contribution in [3.63, 3.8) is 0 Å². The molecule has 1 heterocycles. The predicted molar refractivity (Wildman–Crippen MR) is 107 cm³/mol. The van der Waals surface area contributed by atoms with Gasteiger partial charge in [0.2, 0.25) is 0 Å². The number of hydrogen-bond donors (Lipinski definition) is 1. The highest BCUT2D eigenvalue weighted by Gasteiger charge is 2.24. The number of para-hydroxylation sites is 1. The molecule has 9 heteroatoms. The van der Waals surface area contributed by atoms with Gasteiger partial charge in [-0.25, -0.2) is 18.6 Å². The molecule has 2 aromatic carbocycles. The number of aryl methyl sites for hydroxylation is 1. The molecule has 0 saturated heterocycles. The van der Waals surface area contributed by atoms with Crippen LogP contribution in [0.25, 0.3) is 10.6 Å². The summed E-state index contributed by atoms with van der Waals surface area (Å²) in [6.45, 7) is 2.95. The van der Waals surface area contributed by atoms with Crippen molar-refractivity contribution < 1.29 is 23.1 Å². The van der Waals surface area contributed by atoms with Gasteiger partial charge < -0.3 is 10.1 Å². The van der Waals surface area contributed by atoms with Gasteiger partial charge in [-0.05, 0) is 38.1 Å². The van der Waals surface area contributed by atoms with Crippen LogP contribution in [0.1, 0.15) is 22.3 Å². The normalized spacial score (nSPS) is 11.8. The van der Waals surface area contributed by atoms with E-state index in [2.05, 4.69) is 10.3 Å². The van der Waals surface area contributed by atoms with Crippen molar-refractivity contribution in [3.8, 4) is 10.6 Å². The SMILES string of the molecule is Cc1nc(-c2ccc(Cl)cc2)sc1C(=O)OC(C)C(=O)Nc1c(F)cccc1F. The third-order valence-electron chi connectivity index (χ3n) is 3.94. The molecule has 0 radical (unpaired) electrons. The zero-order valence-electron chi connectivity index (χ0n) is 15.3. The van der Waals surface area contributed by atoms with Crippen LogP contribution in [-0.2, 0) is 9.53 Å². The first kappa shape index (κ1) is 20.9. The molecule has 150 valence electrons. The van der Waals surface area contributed by atoms with Crippen molar-refractivity contribution in [3.05, 3.63) is 69.7 Å². The topological polar surface area (TPSA) is 68.3 Å². The number of nitrogens with zero attached hydrogens (tertiary/aromatic N) is 1. The Bertz CT molecular complexity index is 1050. The molecule has 0 bridgehead atoms. The molecule has 1 aromatic heterocycles. The highest BCUT2D eigenvalue weighted by Crippen LogP contribution is 2.29. The van der Waals surface area contributed by atoms with Crippen LogP contribution in [0.15, 0.2) is 42.5 Å². The van der Waals surface area contributed by atoms with Gasteiger partial charge in [0.25, 0.3) is 5.91 Å². The third kappa shape index (κ3) is 4.78. The van der Waals surface area contributed by atoms with Crippen LogP contribution in [0, 0.1) is 18.6 Å². The summed E-state index contributed by atoms with van der Waals surface area (Å²) in [7, 11) is 0. The molecule has 3 rings (SSSR count). The number of ether oxygens (including phenoxy) is 1. The highest BCUT2D eigenvalue weighted by molar-refractivity contribution is 7.17. The average Bonchev–Trinajstić information content (AvgIpc) is 3.07. The van der Waals surface area contributed by atoms with Crippen LogP contribution in [0.4, 0.5) is 14.5 Å². The minimum absolute atomic E-state index is 0.228. The minimum Gasteiger partial charge on any atom is -0.448 e. The third-order valence-corrected chi connectivity index (χ3v) is 5.38. The lowest BCUT2D eigenvalue weighted by molar-refractivity contribution is -0.123. The Morgan fingerprint density at radius 3 is 2.38 bits per heavy atom. The number of aromatic nitrogens is 1. The first-order valence-electron chi connectivity index (χ1n) is 8.45. The van der Waals surface area contributed by atoms with Crippen LogP contribution in [0.2, 0.25) is 5.02 Å². The smallest absolute Gasteiger partial charge is 0.351 e. The molecular weight excluding hydrogens is 422 g/mol. The van der Waals surface area contributed by atoms with Crippen LogP contribution in [-0.4, -0.2) is 23.0 Å². The quantitative estimate of drug-likeness (QED) is 0.556. The number of thiazole rings is 1. The first-order chi connectivity index (χ1) is 13.8.